The number of carbonyl (C=O) groups is 1. The van der Waals surface area contributed by atoms with Crippen LogP contribution in [0.15, 0.2) is 30.3 Å². The van der Waals surface area contributed by atoms with E-state index in [1.54, 1.807) is 32.0 Å². The molecule has 0 radical (unpaired) electrons. The summed E-state index contributed by atoms with van der Waals surface area (Å²) in [5, 5.41) is 10.4. The van der Waals surface area contributed by atoms with E-state index in [2.05, 4.69) is 15.5 Å². The minimum Gasteiger partial charge on any atom is -0.321 e. The van der Waals surface area contributed by atoms with Gasteiger partial charge in [0.05, 0.1) is 23.6 Å². The van der Waals surface area contributed by atoms with Crippen LogP contribution in [0, 0.1) is 19.7 Å². The fraction of sp³-hybridized carbons (Fsp3) is 0.350. The molecule has 0 aliphatic carbocycles. The molecule has 1 atom stereocenters. The van der Waals surface area contributed by atoms with E-state index in [4.69, 9.17) is 0 Å². The van der Waals surface area contributed by atoms with Crippen molar-refractivity contribution in [2.45, 2.75) is 46.2 Å². The Labute approximate surface area is 174 Å². The van der Waals surface area contributed by atoms with E-state index in [1.807, 2.05) is 0 Å². The molecule has 0 fully saturated rings. The molecule has 2 heterocycles. The quantitative estimate of drug-likeness (QED) is 0.527. The number of carbonyl (C=O) groups excluding carboxylic acids is 1. The number of hydrogen-bond acceptors (Lipinski definition) is 3. The van der Waals surface area contributed by atoms with Crippen molar-refractivity contribution in [3.8, 4) is 0 Å². The Morgan fingerprint density at radius 1 is 1.10 bits per heavy atom. The zero-order chi connectivity index (χ0) is 22.9. The predicted molar refractivity (Wildman–Crippen MR) is 103 cm³/mol. The molecule has 0 spiro atoms. The molecule has 11 heteroatoms. The lowest BCUT2D eigenvalue weighted by Crippen LogP contribution is -2.26. The Balaban J connectivity index is 1.84. The number of nitrogens with one attached hydrogen (secondary N) is 1. The number of hydrogen-bond donors (Lipinski definition) is 1. The predicted octanol–water partition coefficient (Wildman–Crippen LogP) is 4.96. The minimum absolute atomic E-state index is 0.122. The minimum atomic E-state index is -3.08. The van der Waals surface area contributed by atoms with Crippen molar-refractivity contribution in [2.24, 2.45) is 0 Å². The molecule has 1 unspecified atom stereocenters. The molecule has 0 saturated carbocycles. The first-order valence-corrected chi connectivity index (χ1v) is 9.34. The average molecular weight is 441 g/mol. The van der Waals surface area contributed by atoms with Gasteiger partial charge in [0, 0.05) is 5.56 Å². The zero-order valence-electron chi connectivity index (χ0n) is 16.9. The summed E-state index contributed by atoms with van der Waals surface area (Å²) in [6.45, 7) is 4.68. The zero-order valence-corrected chi connectivity index (χ0v) is 16.9. The van der Waals surface area contributed by atoms with Crippen molar-refractivity contribution >= 4 is 11.6 Å². The fourth-order valence-electron chi connectivity index (χ4n) is 3.17. The van der Waals surface area contributed by atoms with E-state index in [0.29, 0.717) is 33.4 Å². The number of benzene rings is 1. The third-order valence-electron chi connectivity index (χ3n) is 4.88. The average Bonchev–Trinajstić information content (AvgIpc) is 3.27. The van der Waals surface area contributed by atoms with Crippen LogP contribution in [-0.4, -0.2) is 25.5 Å². The van der Waals surface area contributed by atoms with Crippen LogP contribution >= 0.6 is 0 Å². The number of alkyl halides is 4. The molecule has 2 aromatic heterocycles. The first-order chi connectivity index (χ1) is 14.6. The second kappa shape index (κ2) is 8.86. The van der Waals surface area contributed by atoms with Gasteiger partial charge in [-0.15, -0.1) is 0 Å². The van der Waals surface area contributed by atoms with Crippen molar-refractivity contribution in [1.29, 1.82) is 0 Å². The van der Waals surface area contributed by atoms with Crippen LogP contribution in [0.3, 0.4) is 0 Å². The first kappa shape index (κ1) is 22.4. The van der Waals surface area contributed by atoms with Gasteiger partial charge in [-0.05, 0) is 32.9 Å². The van der Waals surface area contributed by atoms with Gasteiger partial charge in [0.15, 0.2) is 0 Å². The fourth-order valence-corrected chi connectivity index (χ4v) is 3.17. The van der Waals surface area contributed by atoms with E-state index in [0.717, 1.165) is 0 Å². The normalized spacial score (nSPS) is 12.6. The number of aromatic nitrogens is 4. The topological polar surface area (TPSA) is 64.7 Å². The highest BCUT2D eigenvalue weighted by atomic mass is 19.3. The van der Waals surface area contributed by atoms with E-state index >= 15 is 0 Å². The molecule has 166 valence electrons. The second-order valence-corrected chi connectivity index (χ2v) is 7.00. The second-order valence-electron chi connectivity index (χ2n) is 7.00. The van der Waals surface area contributed by atoms with E-state index in [-0.39, 0.29) is 6.54 Å². The van der Waals surface area contributed by atoms with Crippen molar-refractivity contribution < 1.29 is 26.7 Å². The van der Waals surface area contributed by atoms with Gasteiger partial charge < -0.3 is 5.32 Å². The van der Waals surface area contributed by atoms with Crippen LogP contribution in [0.25, 0.3) is 0 Å². The third-order valence-corrected chi connectivity index (χ3v) is 4.88. The maximum atomic E-state index is 13.9. The molecule has 3 aromatic rings. The van der Waals surface area contributed by atoms with Crippen LogP contribution in [0.2, 0.25) is 0 Å². The molecule has 3 rings (SSSR count). The summed E-state index contributed by atoms with van der Waals surface area (Å²) in [5.41, 5.74) is 0.0630. The Hall–Kier alpha value is -3.24. The Kier molecular flexibility index (Phi) is 6.42. The highest BCUT2D eigenvalue weighted by Crippen LogP contribution is 2.28. The maximum Gasteiger partial charge on any atom is 0.282 e. The molecule has 1 amide bonds. The van der Waals surface area contributed by atoms with Crippen molar-refractivity contribution in [3.63, 3.8) is 0 Å². The van der Waals surface area contributed by atoms with E-state index in [1.165, 1.54) is 17.7 Å². The van der Waals surface area contributed by atoms with Gasteiger partial charge in [0.25, 0.3) is 12.9 Å². The highest BCUT2D eigenvalue weighted by Gasteiger charge is 2.28. The summed E-state index contributed by atoms with van der Waals surface area (Å²) in [5.74, 6) is -1.13. The molecule has 1 aromatic carbocycles. The number of amides is 1. The Bertz CT molecular complexity index is 1090. The lowest BCUT2D eigenvalue weighted by atomic mass is 10.2. The van der Waals surface area contributed by atoms with Crippen LogP contribution < -0.4 is 5.32 Å². The largest absolute Gasteiger partial charge is 0.321 e. The summed E-state index contributed by atoms with van der Waals surface area (Å²) in [4.78, 5) is 12.7. The van der Waals surface area contributed by atoms with Crippen LogP contribution in [0.4, 0.5) is 27.6 Å². The van der Waals surface area contributed by atoms with Gasteiger partial charge in [0.1, 0.15) is 23.2 Å². The first-order valence-electron chi connectivity index (χ1n) is 9.34. The van der Waals surface area contributed by atoms with Gasteiger partial charge >= 0.3 is 0 Å². The van der Waals surface area contributed by atoms with Gasteiger partial charge in [-0.3, -0.25) is 14.2 Å². The monoisotopic (exact) mass is 441 g/mol. The Morgan fingerprint density at radius 3 is 2.39 bits per heavy atom. The summed E-state index contributed by atoms with van der Waals surface area (Å²) in [6, 6.07) is 5.48. The summed E-state index contributed by atoms with van der Waals surface area (Å²) >= 11 is 0. The van der Waals surface area contributed by atoms with E-state index < -0.39 is 42.0 Å². The van der Waals surface area contributed by atoms with Gasteiger partial charge in [-0.1, -0.05) is 18.2 Å². The summed E-state index contributed by atoms with van der Waals surface area (Å²) in [6.07, 6.45) is -6.13. The third kappa shape index (κ3) is 4.59. The smallest absolute Gasteiger partial charge is 0.282 e. The van der Waals surface area contributed by atoms with Crippen LogP contribution in [0.1, 0.15) is 54.2 Å². The lowest BCUT2D eigenvalue weighted by molar-refractivity contribution is -0.119. The molecule has 1 N–H and O–H groups in total. The molecule has 0 aliphatic heterocycles. The number of anilines is 1. The maximum absolute atomic E-state index is 13.9. The van der Waals surface area contributed by atoms with Crippen molar-refractivity contribution in [1.82, 2.24) is 19.6 Å². The van der Waals surface area contributed by atoms with E-state index in [9.17, 15) is 26.7 Å². The molecular weight excluding hydrogens is 421 g/mol. The molecule has 0 bridgehead atoms. The molecule has 6 nitrogen and oxygen atoms in total. The highest BCUT2D eigenvalue weighted by molar-refractivity contribution is 5.94. The molecule has 31 heavy (non-hydrogen) atoms. The lowest BCUT2D eigenvalue weighted by Gasteiger charge is -2.16. The van der Waals surface area contributed by atoms with Crippen molar-refractivity contribution in [2.75, 3.05) is 5.32 Å². The van der Waals surface area contributed by atoms with Crippen LogP contribution in [0.5, 0.6) is 0 Å². The molecule has 0 aliphatic rings. The SMILES string of the molecule is Cc1nn(Cc2ccccc2F)c(C)c1NC(=O)C(C)n1nc(C(F)F)cc1C(F)F. The standard InChI is InChI=1S/C20H20F5N5O/c1-10-17(11(2)29(27-10)9-13-6-4-5-7-14(13)21)26-20(31)12(3)30-16(19(24)25)8-15(28-30)18(22)23/h4-8,12,18-19H,9H2,1-3H3,(H,26,31). The number of nitrogens with zero attached hydrogens (tertiary/aromatic N) is 4. The summed E-state index contributed by atoms with van der Waals surface area (Å²) < 4.78 is 68.3. The number of halogens is 5. The van der Waals surface area contributed by atoms with Gasteiger partial charge in [-0.2, -0.15) is 10.2 Å². The van der Waals surface area contributed by atoms with Crippen molar-refractivity contribution in [3.05, 3.63) is 64.5 Å². The number of aryl methyl sites for hydroxylation is 1. The van der Waals surface area contributed by atoms with Crippen LogP contribution in [-0.2, 0) is 11.3 Å². The molecular formula is C20H20F5N5O. The summed E-state index contributed by atoms with van der Waals surface area (Å²) in [7, 11) is 0. The van der Waals surface area contributed by atoms with Gasteiger partial charge in [0.2, 0.25) is 5.91 Å². The van der Waals surface area contributed by atoms with Gasteiger partial charge in [-0.25, -0.2) is 22.0 Å². The Morgan fingerprint density at radius 2 is 1.77 bits per heavy atom. The number of rotatable bonds is 7. The molecule has 0 saturated heterocycles.